The Morgan fingerprint density at radius 2 is 1.06 bits per heavy atom. The number of hydrogen-bond donors (Lipinski definition) is 10. The van der Waals surface area contributed by atoms with Gasteiger partial charge in [-0.2, -0.15) is 0 Å². The van der Waals surface area contributed by atoms with Gasteiger partial charge < -0.3 is 53.2 Å². The van der Waals surface area contributed by atoms with Crippen molar-refractivity contribution in [3.63, 3.8) is 0 Å². The van der Waals surface area contributed by atoms with Crippen molar-refractivity contribution in [3.05, 3.63) is 76.8 Å². The van der Waals surface area contributed by atoms with Crippen LogP contribution in [0.5, 0.6) is 0 Å². The molecule has 1 saturated heterocycles. The first-order valence-electron chi connectivity index (χ1n) is 28.1. The zero-order valence-electron chi connectivity index (χ0n) is 48.4. The van der Waals surface area contributed by atoms with Crippen LogP contribution in [-0.4, -0.2) is 132 Å². The minimum Gasteiger partial charge on any atom is -0.385 e. The molecule has 9 amide bonds. The van der Waals surface area contributed by atoms with E-state index in [9.17, 15) is 52.7 Å². The van der Waals surface area contributed by atoms with Gasteiger partial charge in [-0.1, -0.05) is 119 Å². The number of hydrogen-bond acceptors (Lipinski definition) is 13. The Balaban J connectivity index is 1.76. The molecule has 4 rings (SSSR count). The van der Waals surface area contributed by atoms with Gasteiger partial charge in [-0.3, -0.25) is 57.7 Å². The quantitative estimate of drug-likeness (QED) is 0.0961. The fraction of sp³-hybridized carbons (Fsp3) is 0.586. The van der Waals surface area contributed by atoms with Crippen molar-refractivity contribution in [1.82, 2.24) is 58.2 Å². The highest BCUT2D eigenvalue weighted by Crippen LogP contribution is 2.23. The van der Waals surface area contributed by atoms with Gasteiger partial charge in [-0.15, -0.1) is 0 Å². The highest BCUT2D eigenvalue weighted by molar-refractivity contribution is 6.27. The number of benzene rings is 1. The number of carbonyl (C=O) groups excluding carboxylic acids is 11. The molecule has 0 bridgehead atoms. The second kappa shape index (κ2) is 30.7. The molecule has 2 aliphatic rings. The van der Waals surface area contributed by atoms with Crippen molar-refractivity contribution in [2.24, 2.45) is 29.6 Å². The number of aromatic nitrogens is 1. The molecule has 1 aliphatic carbocycles. The van der Waals surface area contributed by atoms with Crippen LogP contribution in [-0.2, 0) is 44.8 Å². The molecule has 2 aromatic rings. The molecule has 0 saturated carbocycles. The number of pyridine rings is 1. The molecule has 0 radical (unpaired) electrons. The van der Waals surface area contributed by atoms with Crippen LogP contribution in [0.1, 0.15) is 158 Å². The van der Waals surface area contributed by atoms with E-state index in [0.29, 0.717) is 24.8 Å². The summed E-state index contributed by atoms with van der Waals surface area (Å²) in [5.74, 6) is -9.56. The monoisotopic (exact) mass is 1110 g/mol. The fourth-order valence-electron chi connectivity index (χ4n) is 9.31. The summed E-state index contributed by atoms with van der Waals surface area (Å²) in [6, 6.07) is -1.00. The highest BCUT2D eigenvalue weighted by Gasteiger charge is 2.39. The average molecular weight is 1110 g/mol. The van der Waals surface area contributed by atoms with E-state index in [1.54, 1.807) is 65.0 Å². The van der Waals surface area contributed by atoms with E-state index >= 15 is 0 Å². The molecule has 80 heavy (non-hydrogen) atoms. The van der Waals surface area contributed by atoms with E-state index in [0.717, 1.165) is 6.08 Å². The Kier molecular flexibility index (Phi) is 25.0. The average Bonchev–Trinajstić information content (AvgIpc) is 3.43. The van der Waals surface area contributed by atoms with E-state index in [4.69, 9.17) is 0 Å². The SMILES string of the molecule is CC[C@@H](C)[C@H]1NC(=O)[C@H]([C@@H](C)CC)NC(=O)[C@@H](C)NC(=O)[C@H](C(C)C)NC(=O)[C@@H](CC(C)C)NC(=O)[C@@H](Cc2ccccc2)NC(=O)[C@H]([C@@H](C)CC)NC(=O)[C@H](CCCCNC(=O)c2cncc3c2C(=O)C=C(NC)C3=O)NC1=O. The van der Waals surface area contributed by atoms with Crippen LogP contribution in [0.25, 0.3) is 0 Å². The number of carbonyl (C=O) groups is 11. The molecule has 22 heteroatoms. The third-order valence-electron chi connectivity index (χ3n) is 14.9. The van der Waals surface area contributed by atoms with Crippen LogP contribution in [0, 0.1) is 29.6 Å². The third kappa shape index (κ3) is 17.7. The second-order valence-corrected chi connectivity index (χ2v) is 21.9. The zero-order chi connectivity index (χ0) is 59.5. The minimum absolute atomic E-state index is 0.0194. The summed E-state index contributed by atoms with van der Waals surface area (Å²) in [5.41, 5.74) is 0.528. The maximum absolute atomic E-state index is 14.8. The Morgan fingerprint density at radius 1 is 0.575 bits per heavy atom. The predicted octanol–water partition coefficient (Wildman–Crippen LogP) is 2.46. The topological polar surface area (TPSA) is 321 Å². The van der Waals surface area contributed by atoms with Gasteiger partial charge in [-0.25, -0.2) is 0 Å². The molecule has 1 aromatic heterocycles. The molecule has 438 valence electrons. The number of rotatable bonds is 18. The van der Waals surface area contributed by atoms with E-state index in [1.165, 1.54) is 26.4 Å². The van der Waals surface area contributed by atoms with Crippen LogP contribution in [0.3, 0.4) is 0 Å². The summed E-state index contributed by atoms with van der Waals surface area (Å²) in [7, 11) is 1.50. The molecule has 0 unspecified atom stereocenters. The largest absolute Gasteiger partial charge is 0.385 e. The summed E-state index contributed by atoms with van der Waals surface area (Å²) in [6.07, 6.45) is 5.27. The van der Waals surface area contributed by atoms with E-state index in [2.05, 4.69) is 58.2 Å². The van der Waals surface area contributed by atoms with Crippen LogP contribution in [0.4, 0.5) is 0 Å². The smallest absolute Gasteiger partial charge is 0.253 e. The van der Waals surface area contributed by atoms with Crippen molar-refractivity contribution in [1.29, 1.82) is 0 Å². The number of likely N-dealkylation sites (N-methyl/N-ethyl adjacent to an activating group) is 1. The van der Waals surface area contributed by atoms with Crippen molar-refractivity contribution in [2.45, 2.75) is 176 Å². The lowest BCUT2D eigenvalue weighted by Crippen LogP contribution is -2.63. The third-order valence-corrected chi connectivity index (χ3v) is 14.9. The predicted molar refractivity (Wildman–Crippen MR) is 300 cm³/mol. The van der Waals surface area contributed by atoms with Gasteiger partial charge in [0.05, 0.1) is 16.8 Å². The van der Waals surface area contributed by atoms with Gasteiger partial charge in [-0.05, 0) is 67.8 Å². The Hall–Kier alpha value is -7.52. The Bertz CT molecular complexity index is 2610. The van der Waals surface area contributed by atoms with Crippen molar-refractivity contribution >= 4 is 64.7 Å². The molecule has 10 N–H and O–H groups in total. The van der Waals surface area contributed by atoms with Gasteiger partial charge in [0.1, 0.15) is 48.3 Å². The minimum atomic E-state index is -1.34. The van der Waals surface area contributed by atoms with Crippen molar-refractivity contribution in [3.8, 4) is 0 Å². The van der Waals surface area contributed by atoms with Gasteiger partial charge >= 0.3 is 0 Å². The van der Waals surface area contributed by atoms with Gasteiger partial charge in [0, 0.05) is 44.0 Å². The number of nitrogens with one attached hydrogen (secondary N) is 10. The molecule has 2 heterocycles. The van der Waals surface area contributed by atoms with E-state index in [1.807, 2.05) is 34.6 Å². The number of fused-ring (bicyclic) bond motifs is 1. The van der Waals surface area contributed by atoms with Crippen LogP contribution in [0.2, 0.25) is 0 Å². The Morgan fingerprint density at radius 3 is 1.61 bits per heavy atom. The maximum Gasteiger partial charge on any atom is 0.253 e. The molecule has 22 nitrogen and oxygen atoms in total. The normalized spacial score (nSPS) is 24.4. The van der Waals surface area contributed by atoms with E-state index in [-0.39, 0.29) is 67.0 Å². The number of ketones is 2. The van der Waals surface area contributed by atoms with Gasteiger partial charge in [0.2, 0.25) is 53.0 Å². The summed E-state index contributed by atoms with van der Waals surface area (Å²) in [5, 5.41) is 27.8. The number of amides is 9. The summed E-state index contributed by atoms with van der Waals surface area (Å²) < 4.78 is 0. The second-order valence-electron chi connectivity index (χ2n) is 21.9. The molecule has 11 atom stereocenters. The lowest BCUT2D eigenvalue weighted by molar-refractivity contribution is -0.138. The van der Waals surface area contributed by atoms with Gasteiger partial charge in [0.25, 0.3) is 5.91 Å². The van der Waals surface area contributed by atoms with Crippen LogP contribution >= 0.6 is 0 Å². The van der Waals surface area contributed by atoms with Crippen molar-refractivity contribution < 1.29 is 52.7 Å². The Labute approximate surface area is 469 Å². The molecule has 0 spiro atoms. The first-order valence-corrected chi connectivity index (χ1v) is 28.1. The van der Waals surface area contributed by atoms with Gasteiger partial charge in [0.15, 0.2) is 5.78 Å². The molecule has 1 aliphatic heterocycles. The maximum atomic E-state index is 14.8. The number of Topliss-reactive ketones (excluding diaryl/α,β-unsaturated/α-hetero) is 1. The fourth-order valence-corrected chi connectivity index (χ4v) is 9.31. The van der Waals surface area contributed by atoms with E-state index < -0.39 is 137 Å². The number of unbranched alkanes of at least 4 members (excludes halogenated alkanes) is 1. The van der Waals surface area contributed by atoms with Crippen LogP contribution in [0.15, 0.2) is 54.5 Å². The molecule has 1 aromatic carbocycles. The summed E-state index contributed by atoms with van der Waals surface area (Å²) >= 11 is 0. The molecular formula is C58H85N11O11. The number of allylic oxidation sites excluding steroid dienone is 2. The van der Waals surface area contributed by atoms with Crippen molar-refractivity contribution in [2.75, 3.05) is 13.6 Å². The summed E-state index contributed by atoms with van der Waals surface area (Å²) in [6.45, 7) is 19.3. The lowest BCUT2D eigenvalue weighted by atomic mass is 9.90. The molecule has 1 fully saturated rings. The summed E-state index contributed by atoms with van der Waals surface area (Å²) in [4.78, 5) is 159. The van der Waals surface area contributed by atoms with Crippen LogP contribution < -0.4 is 53.2 Å². The highest BCUT2D eigenvalue weighted by atomic mass is 16.2. The first-order chi connectivity index (χ1) is 37.9. The standard InChI is InChI=1S/C58H85N11O11/c1-13-32(8)46-57(79)65-42(26-36-21-17-16-18-22-36)53(75)64-41(25-30(4)5)54(76)66-45(31(6)7)55(77)62-35(11)50(72)67-48(34(10)15-3)58(80)69-47(33(9)14-2)56(78)63-39(52(74)68-46)23-19-20-24-61-51(73)38-29-60-28-37-44(38)43(70)27-40(59-12)49(37)71/h16-18,21-22,27-35,39,41-42,45-48,59H,13-15,19-20,23-26H2,1-12H3,(H,61,73)(H,62,77)(H,63,78)(H,64,75)(H,65,79)(H,66,76)(H,67,72)(H,68,74)(H,69,80)/t32-,33+,34-,35+,39-,41+,42+,45-,46-,47+,48-/m0/s1. The molecular weight excluding hydrogens is 1030 g/mol. The number of nitrogens with zero attached hydrogens (tertiary/aromatic N) is 1. The lowest BCUT2D eigenvalue weighted by Gasteiger charge is -2.32. The zero-order valence-corrected chi connectivity index (χ0v) is 48.4. The first kappa shape index (κ1) is 65.0.